The van der Waals surface area contributed by atoms with E-state index in [0.717, 1.165) is 11.1 Å². The Morgan fingerprint density at radius 2 is 2.12 bits per heavy atom. The van der Waals surface area contributed by atoms with E-state index in [1.165, 1.54) is 11.3 Å². The first kappa shape index (κ1) is 17.2. The third kappa shape index (κ3) is 3.56. The van der Waals surface area contributed by atoms with E-state index in [-0.39, 0.29) is 18.2 Å². The van der Waals surface area contributed by atoms with E-state index < -0.39 is 11.9 Å². The van der Waals surface area contributed by atoms with Crippen LogP contribution in [0, 0.1) is 6.92 Å². The number of carbonyl (C=O) groups excluding carboxylic acids is 3. The number of benzene rings is 1. The van der Waals surface area contributed by atoms with E-state index in [4.69, 9.17) is 4.74 Å². The van der Waals surface area contributed by atoms with Gasteiger partial charge in [0.25, 0.3) is 0 Å². The van der Waals surface area contributed by atoms with Gasteiger partial charge in [0.1, 0.15) is 4.88 Å². The Bertz CT molecular complexity index is 843. The van der Waals surface area contributed by atoms with E-state index >= 15 is 0 Å². The summed E-state index contributed by atoms with van der Waals surface area (Å²) in [6, 6.07) is 9.01. The fourth-order valence-corrected chi connectivity index (χ4v) is 3.77. The highest BCUT2D eigenvalue weighted by atomic mass is 32.1. The normalized spacial score (nSPS) is 15.9. The molecule has 0 spiro atoms. The van der Waals surface area contributed by atoms with Gasteiger partial charge < -0.3 is 15.4 Å². The number of ether oxygens (including phenoxy) is 1. The lowest BCUT2D eigenvalue weighted by atomic mass is 9.90. The topological polar surface area (TPSA) is 84.5 Å². The van der Waals surface area contributed by atoms with Gasteiger partial charge in [0.05, 0.1) is 17.5 Å². The lowest BCUT2D eigenvalue weighted by Crippen LogP contribution is -2.30. The molecule has 6 nitrogen and oxygen atoms in total. The maximum atomic E-state index is 12.7. The maximum Gasteiger partial charge on any atom is 0.348 e. The molecule has 1 aliphatic heterocycles. The molecule has 2 aromatic rings. The van der Waals surface area contributed by atoms with Gasteiger partial charge >= 0.3 is 5.97 Å². The number of para-hydroxylation sites is 1. The predicted octanol–water partition coefficient (Wildman–Crippen LogP) is 3.30. The lowest BCUT2D eigenvalue weighted by molar-refractivity contribution is -0.123. The van der Waals surface area contributed by atoms with Crippen molar-refractivity contribution in [1.82, 2.24) is 0 Å². The average Bonchev–Trinajstić information content (AvgIpc) is 2.94. The summed E-state index contributed by atoms with van der Waals surface area (Å²) in [5.74, 6) is -1.40. The molecule has 0 aliphatic carbocycles. The molecule has 0 saturated heterocycles. The summed E-state index contributed by atoms with van der Waals surface area (Å²) in [5, 5.41) is 6.16. The SMILES string of the molecule is CCOC(=O)c1sc(NC(=O)C2CC(=O)Nc3ccccc32)cc1C. The number of rotatable bonds is 4. The molecule has 1 atom stereocenters. The van der Waals surface area contributed by atoms with Gasteiger partial charge in [-0.1, -0.05) is 18.2 Å². The number of amides is 2. The van der Waals surface area contributed by atoms with Gasteiger partial charge in [-0.25, -0.2) is 4.79 Å². The lowest BCUT2D eigenvalue weighted by Gasteiger charge is -2.24. The van der Waals surface area contributed by atoms with Crippen molar-refractivity contribution in [1.29, 1.82) is 0 Å². The number of carbonyl (C=O) groups is 3. The summed E-state index contributed by atoms with van der Waals surface area (Å²) < 4.78 is 5.01. The van der Waals surface area contributed by atoms with Crippen molar-refractivity contribution in [3.8, 4) is 0 Å². The number of aryl methyl sites for hydroxylation is 1. The van der Waals surface area contributed by atoms with Gasteiger partial charge in [-0.05, 0) is 37.1 Å². The van der Waals surface area contributed by atoms with Crippen LogP contribution in [0.2, 0.25) is 0 Å². The minimum Gasteiger partial charge on any atom is -0.462 e. The summed E-state index contributed by atoms with van der Waals surface area (Å²) in [6.45, 7) is 3.84. The van der Waals surface area contributed by atoms with Crippen LogP contribution in [0.25, 0.3) is 0 Å². The number of hydrogen-bond acceptors (Lipinski definition) is 5. The highest BCUT2D eigenvalue weighted by molar-refractivity contribution is 7.18. The van der Waals surface area contributed by atoms with Crippen molar-refractivity contribution in [2.45, 2.75) is 26.2 Å². The molecule has 0 bridgehead atoms. The molecule has 2 amide bonds. The molecule has 1 aromatic heterocycles. The van der Waals surface area contributed by atoms with Crippen molar-refractivity contribution in [3.05, 3.63) is 46.3 Å². The van der Waals surface area contributed by atoms with E-state index in [1.54, 1.807) is 26.0 Å². The van der Waals surface area contributed by atoms with Crippen LogP contribution >= 0.6 is 11.3 Å². The molecule has 1 aliphatic rings. The van der Waals surface area contributed by atoms with Crippen molar-refractivity contribution in [2.75, 3.05) is 17.2 Å². The highest BCUT2D eigenvalue weighted by Gasteiger charge is 2.31. The fourth-order valence-electron chi connectivity index (χ4n) is 2.80. The third-order valence-electron chi connectivity index (χ3n) is 3.94. The van der Waals surface area contributed by atoms with E-state index in [9.17, 15) is 14.4 Å². The molecular weight excluding hydrogens is 340 g/mol. The number of hydrogen-bond donors (Lipinski definition) is 2. The number of esters is 1. The first-order chi connectivity index (χ1) is 12.0. The second kappa shape index (κ2) is 7.06. The molecule has 0 saturated carbocycles. The zero-order chi connectivity index (χ0) is 18.0. The molecule has 0 radical (unpaired) electrons. The van der Waals surface area contributed by atoms with Crippen molar-refractivity contribution < 1.29 is 19.1 Å². The van der Waals surface area contributed by atoms with Gasteiger partial charge in [0.2, 0.25) is 11.8 Å². The van der Waals surface area contributed by atoms with Crippen LogP contribution in [0.4, 0.5) is 10.7 Å². The zero-order valence-corrected chi connectivity index (χ0v) is 14.7. The van der Waals surface area contributed by atoms with Crippen LogP contribution in [0.15, 0.2) is 30.3 Å². The van der Waals surface area contributed by atoms with Crippen molar-refractivity contribution in [2.24, 2.45) is 0 Å². The smallest absolute Gasteiger partial charge is 0.348 e. The van der Waals surface area contributed by atoms with Gasteiger partial charge in [0, 0.05) is 12.1 Å². The number of fused-ring (bicyclic) bond motifs is 1. The Labute approximate surface area is 149 Å². The Morgan fingerprint density at radius 3 is 2.88 bits per heavy atom. The summed E-state index contributed by atoms with van der Waals surface area (Å²) in [7, 11) is 0. The minimum absolute atomic E-state index is 0.0952. The number of nitrogens with one attached hydrogen (secondary N) is 2. The molecule has 1 aromatic carbocycles. The quantitative estimate of drug-likeness (QED) is 0.822. The monoisotopic (exact) mass is 358 g/mol. The Morgan fingerprint density at radius 1 is 1.36 bits per heavy atom. The molecule has 25 heavy (non-hydrogen) atoms. The van der Waals surface area contributed by atoms with Crippen LogP contribution in [0.5, 0.6) is 0 Å². The molecule has 2 heterocycles. The van der Waals surface area contributed by atoms with Crippen LogP contribution in [0.3, 0.4) is 0 Å². The molecule has 1 unspecified atom stereocenters. The van der Waals surface area contributed by atoms with Gasteiger partial charge in [-0.15, -0.1) is 11.3 Å². The van der Waals surface area contributed by atoms with Crippen LogP contribution in [-0.4, -0.2) is 24.4 Å². The first-order valence-corrected chi connectivity index (χ1v) is 8.78. The fraction of sp³-hybridized carbons (Fsp3) is 0.278. The summed E-state index contributed by atoms with van der Waals surface area (Å²) >= 11 is 1.17. The second-order valence-electron chi connectivity index (χ2n) is 5.72. The van der Waals surface area contributed by atoms with Crippen LogP contribution in [0.1, 0.15) is 40.1 Å². The molecule has 3 rings (SSSR count). The summed E-state index contributed by atoms with van der Waals surface area (Å²) in [4.78, 5) is 36.9. The Kier molecular flexibility index (Phi) is 4.85. The van der Waals surface area contributed by atoms with Crippen LogP contribution in [-0.2, 0) is 14.3 Å². The number of thiophene rings is 1. The largest absolute Gasteiger partial charge is 0.462 e. The van der Waals surface area contributed by atoms with E-state index in [2.05, 4.69) is 10.6 Å². The Balaban J connectivity index is 1.80. The van der Waals surface area contributed by atoms with Gasteiger partial charge in [0.15, 0.2) is 0 Å². The molecule has 130 valence electrons. The molecule has 0 fully saturated rings. The third-order valence-corrected chi connectivity index (χ3v) is 5.07. The molecule has 2 N–H and O–H groups in total. The highest BCUT2D eigenvalue weighted by Crippen LogP contribution is 2.34. The standard InChI is InChI=1S/C18H18N2O4S/c1-3-24-18(23)16-10(2)8-15(25-16)20-17(22)12-9-14(21)19-13-7-5-4-6-11(12)13/h4-8,12H,3,9H2,1-2H3,(H,19,21)(H,20,22). The molecule has 7 heteroatoms. The maximum absolute atomic E-state index is 12.7. The molecular formula is C18H18N2O4S. The van der Waals surface area contributed by atoms with Crippen molar-refractivity contribution in [3.63, 3.8) is 0 Å². The van der Waals surface area contributed by atoms with Crippen molar-refractivity contribution >= 4 is 39.8 Å². The Hall–Kier alpha value is -2.67. The van der Waals surface area contributed by atoms with E-state index in [0.29, 0.717) is 22.2 Å². The first-order valence-electron chi connectivity index (χ1n) is 7.96. The van der Waals surface area contributed by atoms with E-state index in [1.807, 2.05) is 18.2 Å². The number of anilines is 2. The second-order valence-corrected chi connectivity index (χ2v) is 6.78. The summed E-state index contributed by atoms with van der Waals surface area (Å²) in [5.41, 5.74) is 2.20. The zero-order valence-electron chi connectivity index (χ0n) is 13.9. The average molecular weight is 358 g/mol. The summed E-state index contributed by atoms with van der Waals surface area (Å²) in [6.07, 6.45) is 0.0952. The minimum atomic E-state index is -0.557. The predicted molar refractivity (Wildman–Crippen MR) is 96.1 cm³/mol. The van der Waals surface area contributed by atoms with Gasteiger partial charge in [-0.3, -0.25) is 9.59 Å². The van der Waals surface area contributed by atoms with Gasteiger partial charge in [-0.2, -0.15) is 0 Å². The van der Waals surface area contributed by atoms with Crippen LogP contribution < -0.4 is 10.6 Å².